The van der Waals surface area contributed by atoms with Crippen LogP contribution in [0.25, 0.3) is 6.08 Å². The number of nitrogens with zero attached hydrogens (tertiary/aromatic N) is 2. The summed E-state index contributed by atoms with van der Waals surface area (Å²) in [4.78, 5) is 25.4. The van der Waals surface area contributed by atoms with Crippen molar-refractivity contribution in [2.75, 3.05) is 5.01 Å². The minimum absolute atomic E-state index is 0.265. The van der Waals surface area contributed by atoms with Gasteiger partial charge in [-0.25, -0.2) is 4.79 Å². The summed E-state index contributed by atoms with van der Waals surface area (Å²) in [6.45, 7) is 1.76. The highest BCUT2D eigenvalue weighted by Crippen LogP contribution is 2.31. The van der Waals surface area contributed by atoms with Crippen LogP contribution in [0.4, 0.5) is 5.69 Å². The van der Waals surface area contributed by atoms with Gasteiger partial charge in [-0.05, 0) is 60.3 Å². The maximum atomic E-state index is 12.9. The first-order valence-corrected chi connectivity index (χ1v) is 10.5. The third-order valence-corrected chi connectivity index (χ3v) is 5.92. The third-order valence-electron chi connectivity index (χ3n) is 4.33. The molecule has 0 saturated carbocycles. The van der Waals surface area contributed by atoms with Crippen LogP contribution in [0.2, 0.25) is 10.0 Å². The highest BCUT2D eigenvalue weighted by Gasteiger charge is 2.29. The highest BCUT2D eigenvalue weighted by atomic mass is 35.5. The van der Waals surface area contributed by atoms with Gasteiger partial charge in [0.05, 0.1) is 27.0 Å². The largest absolute Gasteiger partial charge is 0.422 e. The molecule has 0 aliphatic carbocycles. The van der Waals surface area contributed by atoms with Gasteiger partial charge in [-0.3, -0.25) is 4.79 Å². The summed E-state index contributed by atoms with van der Waals surface area (Å²) < 4.78 is 5.35. The molecule has 0 radical (unpaired) electrons. The predicted octanol–water partition coefficient (Wildman–Crippen LogP) is 6.08. The van der Waals surface area contributed by atoms with Crippen LogP contribution in [-0.4, -0.2) is 17.6 Å². The van der Waals surface area contributed by atoms with E-state index < -0.39 is 5.97 Å². The lowest BCUT2D eigenvalue weighted by Crippen LogP contribution is -2.21. The van der Waals surface area contributed by atoms with E-state index in [1.807, 2.05) is 5.38 Å². The first-order valence-electron chi connectivity index (χ1n) is 8.85. The zero-order valence-corrected chi connectivity index (χ0v) is 18.0. The van der Waals surface area contributed by atoms with Gasteiger partial charge in [0.15, 0.2) is 0 Å². The molecule has 0 bridgehead atoms. The van der Waals surface area contributed by atoms with E-state index in [9.17, 15) is 9.59 Å². The maximum Gasteiger partial charge on any atom is 0.353 e. The van der Waals surface area contributed by atoms with Crippen molar-refractivity contribution in [1.82, 2.24) is 0 Å². The zero-order valence-electron chi connectivity index (χ0n) is 15.6. The van der Waals surface area contributed by atoms with E-state index in [0.29, 0.717) is 37.6 Å². The Bertz CT molecular complexity index is 1190. The van der Waals surface area contributed by atoms with Crippen molar-refractivity contribution in [2.24, 2.45) is 5.10 Å². The van der Waals surface area contributed by atoms with Crippen LogP contribution in [0.5, 0.6) is 5.75 Å². The van der Waals surface area contributed by atoms with Crippen LogP contribution in [0.3, 0.4) is 0 Å². The van der Waals surface area contributed by atoms with Gasteiger partial charge < -0.3 is 4.74 Å². The fourth-order valence-corrected chi connectivity index (χ4v) is 3.72. The van der Waals surface area contributed by atoms with Crippen LogP contribution in [0.15, 0.2) is 70.7 Å². The topological polar surface area (TPSA) is 59.0 Å². The number of halogens is 2. The van der Waals surface area contributed by atoms with Crippen molar-refractivity contribution in [3.05, 3.63) is 86.0 Å². The van der Waals surface area contributed by atoms with Crippen molar-refractivity contribution in [3.63, 3.8) is 0 Å². The van der Waals surface area contributed by atoms with Gasteiger partial charge in [0, 0.05) is 0 Å². The zero-order chi connectivity index (χ0) is 21.3. The molecule has 150 valence electrons. The molecular formula is C22H14Cl2N2O3S. The first kappa shape index (κ1) is 20.3. The molecule has 2 heterocycles. The number of anilines is 1. The SMILES string of the molecule is CC1=NN(c2ccc(Cl)c(Cl)c2)C(=O)/C1=C\c1ccc(OC(=O)c2cccs2)cc1. The first-order chi connectivity index (χ1) is 14.4. The number of carbonyl (C=O) groups is 2. The van der Waals surface area contributed by atoms with Crippen LogP contribution in [-0.2, 0) is 4.79 Å². The Morgan fingerprint density at radius 3 is 2.53 bits per heavy atom. The molecule has 0 N–H and O–H groups in total. The summed E-state index contributed by atoms with van der Waals surface area (Å²) >= 11 is 13.3. The number of carbonyl (C=O) groups excluding carboxylic acids is 2. The number of hydrogen-bond donors (Lipinski definition) is 0. The van der Waals surface area contributed by atoms with Gasteiger partial charge in [-0.1, -0.05) is 41.4 Å². The van der Waals surface area contributed by atoms with Crippen molar-refractivity contribution in [2.45, 2.75) is 6.92 Å². The van der Waals surface area contributed by atoms with Crippen molar-refractivity contribution in [3.8, 4) is 5.75 Å². The molecule has 1 aliphatic rings. The monoisotopic (exact) mass is 456 g/mol. The number of hydrogen-bond acceptors (Lipinski definition) is 5. The molecule has 5 nitrogen and oxygen atoms in total. The Balaban J connectivity index is 1.51. The van der Waals surface area contributed by atoms with Crippen LogP contribution >= 0.6 is 34.5 Å². The summed E-state index contributed by atoms with van der Waals surface area (Å²) in [6.07, 6.45) is 1.74. The van der Waals surface area contributed by atoms with E-state index >= 15 is 0 Å². The Morgan fingerprint density at radius 1 is 1.10 bits per heavy atom. The number of rotatable bonds is 4. The Kier molecular flexibility index (Phi) is 5.72. The molecule has 0 unspecified atom stereocenters. The molecule has 30 heavy (non-hydrogen) atoms. The Labute approximate surface area is 186 Å². The molecule has 1 aromatic heterocycles. The molecule has 0 spiro atoms. The molecule has 1 amide bonds. The molecule has 1 aliphatic heterocycles. The quantitative estimate of drug-likeness (QED) is 0.271. The number of amides is 1. The number of ether oxygens (including phenoxy) is 1. The second-order valence-electron chi connectivity index (χ2n) is 6.39. The predicted molar refractivity (Wildman–Crippen MR) is 121 cm³/mol. The highest BCUT2D eigenvalue weighted by molar-refractivity contribution is 7.12. The molecule has 0 fully saturated rings. The standard InChI is InChI=1S/C22H14Cl2N2O3S/c1-13-17(21(27)26(25-13)15-6-9-18(23)19(24)12-15)11-14-4-7-16(8-5-14)29-22(28)20-3-2-10-30-20/h2-12H,1H3/b17-11-. The second-order valence-corrected chi connectivity index (χ2v) is 8.16. The third kappa shape index (κ3) is 4.16. The molecule has 3 aromatic rings. The van der Waals surface area contributed by atoms with E-state index in [1.54, 1.807) is 67.6 Å². The molecular weight excluding hydrogens is 443 g/mol. The fraction of sp³-hybridized carbons (Fsp3) is 0.0455. The van der Waals surface area contributed by atoms with Crippen molar-refractivity contribution < 1.29 is 14.3 Å². The molecule has 2 aromatic carbocycles. The molecule has 0 saturated heterocycles. The lowest BCUT2D eigenvalue weighted by molar-refractivity contribution is -0.114. The summed E-state index contributed by atoms with van der Waals surface area (Å²) in [6, 6.07) is 15.3. The summed E-state index contributed by atoms with van der Waals surface area (Å²) in [5.74, 6) is -0.238. The van der Waals surface area contributed by atoms with Gasteiger partial charge in [0.2, 0.25) is 0 Å². The number of hydrazone groups is 1. The van der Waals surface area contributed by atoms with E-state index in [-0.39, 0.29) is 5.91 Å². The fourth-order valence-electron chi connectivity index (χ4n) is 2.83. The van der Waals surface area contributed by atoms with Crippen molar-refractivity contribution >= 4 is 63.9 Å². The lowest BCUT2D eigenvalue weighted by atomic mass is 10.1. The normalized spacial score (nSPS) is 14.9. The van der Waals surface area contributed by atoms with Crippen LogP contribution in [0, 0.1) is 0 Å². The van der Waals surface area contributed by atoms with Crippen molar-refractivity contribution in [1.29, 1.82) is 0 Å². The average molecular weight is 457 g/mol. The van der Waals surface area contributed by atoms with Crippen LogP contribution in [0.1, 0.15) is 22.2 Å². The summed E-state index contributed by atoms with van der Waals surface area (Å²) in [5, 5.41) is 8.20. The minimum Gasteiger partial charge on any atom is -0.422 e. The average Bonchev–Trinajstić information content (AvgIpc) is 3.36. The van der Waals surface area contributed by atoms with Gasteiger partial charge >= 0.3 is 5.97 Å². The van der Waals surface area contributed by atoms with Gasteiger partial charge in [0.25, 0.3) is 5.91 Å². The number of thiophene rings is 1. The minimum atomic E-state index is -0.401. The summed E-state index contributed by atoms with van der Waals surface area (Å²) in [5.41, 5.74) is 2.36. The smallest absolute Gasteiger partial charge is 0.353 e. The van der Waals surface area contributed by atoms with Gasteiger partial charge in [-0.2, -0.15) is 10.1 Å². The Hall–Kier alpha value is -2.93. The van der Waals surface area contributed by atoms with E-state index in [4.69, 9.17) is 27.9 Å². The van der Waals surface area contributed by atoms with Gasteiger partial charge in [-0.15, -0.1) is 11.3 Å². The van der Waals surface area contributed by atoms with Gasteiger partial charge in [0.1, 0.15) is 10.6 Å². The van der Waals surface area contributed by atoms with E-state index in [1.165, 1.54) is 16.3 Å². The number of benzene rings is 2. The molecule has 8 heteroatoms. The lowest BCUT2D eigenvalue weighted by Gasteiger charge is -2.12. The summed E-state index contributed by atoms with van der Waals surface area (Å²) in [7, 11) is 0. The van der Waals surface area contributed by atoms with Crippen LogP contribution < -0.4 is 9.75 Å². The number of esters is 1. The second kappa shape index (κ2) is 8.44. The van der Waals surface area contributed by atoms with E-state index in [0.717, 1.165) is 5.56 Å². The molecule has 4 rings (SSSR count). The maximum absolute atomic E-state index is 12.9. The Morgan fingerprint density at radius 2 is 1.87 bits per heavy atom. The molecule has 0 atom stereocenters. The van der Waals surface area contributed by atoms with E-state index in [2.05, 4.69) is 5.10 Å².